The van der Waals surface area contributed by atoms with E-state index in [1.54, 1.807) is 48.8 Å². The Kier molecular flexibility index (Phi) is 9.34. The van der Waals surface area contributed by atoms with Gasteiger partial charge in [0.1, 0.15) is 0 Å². The Hall–Kier alpha value is -4.59. The number of hydrogen-bond donors (Lipinski definition) is 4. The molecule has 2 heterocycles. The Morgan fingerprint density at radius 3 is 1.41 bits per heavy atom. The summed E-state index contributed by atoms with van der Waals surface area (Å²) in [7, 11) is -3.73. The van der Waals surface area contributed by atoms with Crippen LogP contribution in [0.4, 0.5) is 11.4 Å². The van der Waals surface area contributed by atoms with Gasteiger partial charge >= 0.3 is 0 Å². The Morgan fingerprint density at radius 2 is 1.05 bits per heavy atom. The van der Waals surface area contributed by atoms with Crippen molar-refractivity contribution in [2.24, 2.45) is 10.2 Å². The van der Waals surface area contributed by atoms with Crippen molar-refractivity contribution in [3.8, 4) is 0 Å². The lowest BCUT2D eigenvalue weighted by Crippen LogP contribution is -2.24. The molecule has 0 spiro atoms. The molecule has 4 rings (SSSR count). The van der Waals surface area contributed by atoms with E-state index in [1.165, 1.54) is 36.7 Å². The highest BCUT2D eigenvalue weighted by Gasteiger charge is 2.17. The van der Waals surface area contributed by atoms with Crippen LogP contribution in [0, 0.1) is 0 Å². The summed E-state index contributed by atoms with van der Waals surface area (Å²) in [5, 5.41) is 14.4. The van der Waals surface area contributed by atoms with E-state index in [0.717, 1.165) is 0 Å². The zero-order valence-corrected chi connectivity index (χ0v) is 22.7. The number of nitrogens with one attached hydrogen (secondary N) is 4. The molecular weight excluding hydrogens is 553 g/mol. The Balaban J connectivity index is 1.30. The lowest BCUT2D eigenvalue weighted by atomic mass is 10.3. The molecule has 0 amide bonds. The van der Waals surface area contributed by atoms with Gasteiger partial charge in [0.15, 0.2) is 10.2 Å². The van der Waals surface area contributed by atoms with Gasteiger partial charge in [-0.15, -0.1) is 0 Å². The molecular formula is C26H22N8O2S3. The standard InChI is InChI=1S/C26H22N8O2S3/c35-39(36,23-11-7-19(8-12-23)31-25(37)33-29-17-21-5-1-3-15-27-21)24-13-9-20(10-14-24)32-26(38)34-30-18-22-6-2-4-16-28-22/h1-18H,(H2,31,33,37)(H2,32,34,38)/b29-17+,30-18+. The summed E-state index contributed by atoms with van der Waals surface area (Å²) in [4.78, 5) is 8.53. The summed E-state index contributed by atoms with van der Waals surface area (Å²) in [6, 6.07) is 23.4. The zero-order valence-electron chi connectivity index (χ0n) is 20.2. The smallest absolute Gasteiger partial charge is 0.206 e. The van der Waals surface area contributed by atoms with Gasteiger partial charge in [-0.25, -0.2) is 8.42 Å². The fourth-order valence-electron chi connectivity index (χ4n) is 3.11. The van der Waals surface area contributed by atoms with Crippen LogP contribution in [0.1, 0.15) is 11.4 Å². The average molecular weight is 575 g/mol. The first-order valence-electron chi connectivity index (χ1n) is 11.4. The monoisotopic (exact) mass is 574 g/mol. The molecule has 4 N–H and O–H groups in total. The highest BCUT2D eigenvalue weighted by atomic mass is 32.2. The van der Waals surface area contributed by atoms with Gasteiger partial charge in [-0.2, -0.15) is 10.2 Å². The minimum Gasteiger partial charge on any atom is -0.331 e. The van der Waals surface area contributed by atoms with Crippen LogP contribution < -0.4 is 21.5 Å². The van der Waals surface area contributed by atoms with Crippen LogP contribution in [-0.4, -0.2) is 41.0 Å². The SMILES string of the molecule is O=S(=O)(c1ccc(NC(=S)N/N=C/c2ccccn2)cc1)c1ccc(NC(=S)N/N=C/c2ccccn2)cc1. The molecule has 0 saturated heterocycles. The minimum atomic E-state index is -3.73. The van der Waals surface area contributed by atoms with Crippen molar-refractivity contribution < 1.29 is 8.42 Å². The van der Waals surface area contributed by atoms with E-state index >= 15 is 0 Å². The van der Waals surface area contributed by atoms with E-state index in [-0.39, 0.29) is 20.0 Å². The largest absolute Gasteiger partial charge is 0.331 e. The first kappa shape index (κ1) is 27.4. The van der Waals surface area contributed by atoms with Crippen LogP contribution in [0.3, 0.4) is 0 Å². The van der Waals surface area contributed by atoms with E-state index in [2.05, 4.69) is 41.7 Å². The number of thiocarbonyl (C=S) groups is 2. The van der Waals surface area contributed by atoms with Gasteiger partial charge < -0.3 is 10.6 Å². The third-order valence-electron chi connectivity index (χ3n) is 4.95. The van der Waals surface area contributed by atoms with Crippen LogP contribution in [0.25, 0.3) is 0 Å². The molecule has 2 aromatic heterocycles. The molecule has 4 aromatic rings. The van der Waals surface area contributed by atoms with Crippen molar-refractivity contribution in [2.75, 3.05) is 10.6 Å². The third kappa shape index (κ3) is 8.20. The molecule has 196 valence electrons. The normalized spacial score (nSPS) is 11.3. The first-order chi connectivity index (χ1) is 18.9. The van der Waals surface area contributed by atoms with Crippen molar-refractivity contribution >= 4 is 68.3 Å². The highest BCUT2D eigenvalue weighted by molar-refractivity contribution is 7.91. The van der Waals surface area contributed by atoms with Crippen LogP contribution in [0.15, 0.2) is 117 Å². The van der Waals surface area contributed by atoms with E-state index in [9.17, 15) is 8.42 Å². The zero-order chi connectivity index (χ0) is 27.5. The fourth-order valence-corrected chi connectivity index (χ4v) is 4.71. The molecule has 10 nitrogen and oxygen atoms in total. The number of hydrogen-bond acceptors (Lipinski definition) is 8. The van der Waals surface area contributed by atoms with Gasteiger partial charge in [0, 0.05) is 23.8 Å². The summed E-state index contributed by atoms with van der Waals surface area (Å²) in [6.45, 7) is 0. The van der Waals surface area contributed by atoms with Gasteiger partial charge in [0.05, 0.1) is 33.6 Å². The summed E-state index contributed by atoms with van der Waals surface area (Å²) in [5.41, 5.74) is 7.94. The van der Waals surface area contributed by atoms with Crippen molar-refractivity contribution in [1.29, 1.82) is 0 Å². The summed E-state index contributed by atoms with van der Waals surface area (Å²) in [6.07, 6.45) is 6.39. The minimum absolute atomic E-state index is 0.141. The lowest BCUT2D eigenvalue weighted by molar-refractivity contribution is 0.596. The predicted octanol–water partition coefficient (Wildman–Crippen LogP) is 3.95. The number of hydrazone groups is 2. The van der Waals surface area contributed by atoms with Crippen LogP contribution in [-0.2, 0) is 9.84 Å². The second-order valence-corrected chi connectivity index (χ2v) is 10.5. The molecule has 0 unspecified atom stereocenters. The fraction of sp³-hybridized carbons (Fsp3) is 0. The van der Waals surface area contributed by atoms with E-state index in [4.69, 9.17) is 24.4 Å². The first-order valence-corrected chi connectivity index (χ1v) is 13.7. The molecule has 13 heteroatoms. The van der Waals surface area contributed by atoms with Gasteiger partial charge in [-0.1, -0.05) is 12.1 Å². The maximum atomic E-state index is 13.1. The van der Waals surface area contributed by atoms with Crippen molar-refractivity contribution in [1.82, 2.24) is 20.8 Å². The lowest BCUT2D eigenvalue weighted by Gasteiger charge is -2.10. The average Bonchev–Trinajstić information content (AvgIpc) is 2.95. The Labute approximate surface area is 236 Å². The van der Waals surface area contributed by atoms with E-state index < -0.39 is 9.84 Å². The van der Waals surface area contributed by atoms with Crippen LogP contribution >= 0.6 is 24.4 Å². The Bertz CT molecular complexity index is 1460. The second kappa shape index (κ2) is 13.3. The number of sulfone groups is 1. The maximum Gasteiger partial charge on any atom is 0.206 e. The van der Waals surface area contributed by atoms with Gasteiger partial charge in [0.2, 0.25) is 9.84 Å². The summed E-state index contributed by atoms with van der Waals surface area (Å²) in [5.74, 6) is 0. The molecule has 2 aromatic carbocycles. The number of aromatic nitrogens is 2. The van der Waals surface area contributed by atoms with Crippen molar-refractivity contribution in [2.45, 2.75) is 9.79 Å². The molecule has 39 heavy (non-hydrogen) atoms. The maximum absolute atomic E-state index is 13.1. The number of rotatable bonds is 8. The quantitative estimate of drug-likeness (QED) is 0.139. The molecule has 0 aliphatic heterocycles. The van der Waals surface area contributed by atoms with E-state index in [0.29, 0.717) is 22.8 Å². The van der Waals surface area contributed by atoms with Crippen molar-refractivity contribution in [3.05, 3.63) is 109 Å². The number of anilines is 2. The molecule has 0 fully saturated rings. The topological polar surface area (TPSA) is 133 Å². The molecule has 0 radical (unpaired) electrons. The van der Waals surface area contributed by atoms with Gasteiger partial charge in [0.25, 0.3) is 0 Å². The molecule has 0 aliphatic carbocycles. The third-order valence-corrected chi connectivity index (χ3v) is 7.12. The molecule has 0 saturated carbocycles. The molecule has 0 bridgehead atoms. The number of nitrogens with zero attached hydrogens (tertiary/aromatic N) is 4. The summed E-state index contributed by atoms with van der Waals surface area (Å²) >= 11 is 10.4. The molecule has 0 atom stereocenters. The van der Waals surface area contributed by atoms with Crippen LogP contribution in [0.2, 0.25) is 0 Å². The Morgan fingerprint density at radius 1 is 0.641 bits per heavy atom. The van der Waals surface area contributed by atoms with Crippen LogP contribution in [0.5, 0.6) is 0 Å². The van der Waals surface area contributed by atoms with E-state index in [1.807, 2.05) is 24.3 Å². The summed E-state index contributed by atoms with van der Waals surface area (Å²) < 4.78 is 26.2. The van der Waals surface area contributed by atoms with Crippen molar-refractivity contribution in [3.63, 3.8) is 0 Å². The van der Waals surface area contributed by atoms with Gasteiger partial charge in [-0.3, -0.25) is 20.8 Å². The predicted molar refractivity (Wildman–Crippen MR) is 161 cm³/mol. The number of benzene rings is 2. The molecule has 0 aliphatic rings. The second-order valence-electron chi connectivity index (χ2n) is 7.71. The highest BCUT2D eigenvalue weighted by Crippen LogP contribution is 2.23. The van der Waals surface area contributed by atoms with Gasteiger partial charge in [-0.05, 0) is 97.2 Å². The number of pyridine rings is 2.